The van der Waals surface area contributed by atoms with Crippen molar-refractivity contribution in [3.05, 3.63) is 71.0 Å². The monoisotopic (exact) mass is 461 g/mol. The van der Waals surface area contributed by atoms with E-state index in [1.807, 2.05) is 60.4 Å². The molecule has 0 radical (unpaired) electrons. The number of fused-ring (bicyclic) bond motifs is 1. The van der Waals surface area contributed by atoms with Gasteiger partial charge in [-0.05, 0) is 25.5 Å². The Balaban J connectivity index is 1.12. The second-order valence-electron chi connectivity index (χ2n) is 8.51. The zero-order valence-corrected chi connectivity index (χ0v) is 19.1. The van der Waals surface area contributed by atoms with Gasteiger partial charge in [-0.15, -0.1) is 0 Å². The molecule has 5 rings (SSSR count). The zero-order valence-electron chi connectivity index (χ0n) is 19.1. The van der Waals surface area contributed by atoms with E-state index in [-0.39, 0.29) is 17.7 Å². The molecule has 4 aromatic rings. The Morgan fingerprint density at radius 2 is 1.76 bits per heavy atom. The number of hydrogen-bond donors (Lipinski definition) is 0. The summed E-state index contributed by atoms with van der Waals surface area (Å²) in [5, 5.41) is 4.12. The van der Waals surface area contributed by atoms with E-state index < -0.39 is 0 Å². The van der Waals surface area contributed by atoms with E-state index in [0.29, 0.717) is 49.8 Å². The minimum atomic E-state index is -0.382. The zero-order chi connectivity index (χ0) is 23.5. The fourth-order valence-electron chi connectivity index (χ4n) is 4.40. The molecule has 0 saturated carbocycles. The normalized spacial score (nSPS) is 15.6. The molecule has 0 aliphatic carbocycles. The van der Waals surface area contributed by atoms with Gasteiger partial charge in [0.1, 0.15) is 0 Å². The Kier molecular flexibility index (Phi) is 6.27. The molecule has 1 aliphatic rings. The minimum Gasteiger partial charge on any atom is -0.408 e. The lowest BCUT2D eigenvalue weighted by atomic mass is 10.2. The molecule has 2 aromatic heterocycles. The second kappa shape index (κ2) is 9.64. The number of carbonyl (C=O) groups excluding carboxylic acids is 1. The van der Waals surface area contributed by atoms with Crippen LogP contribution in [0.2, 0.25) is 0 Å². The van der Waals surface area contributed by atoms with Crippen LogP contribution in [0.3, 0.4) is 0 Å². The van der Waals surface area contributed by atoms with Gasteiger partial charge in [-0.3, -0.25) is 14.3 Å². The van der Waals surface area contributed by atoms with Gasteiger partial charge in [0.15, 0.2) is 5.58 Å². The topological polar surface area (TPSA) is 97.6 Å². The molecule has 0 spiro atoms. The number of para-hydroxylation sites is 2. The van der Waals surface area contributed by atoms with Crippen molar-refractivity contribution in [1.29, 1.82) is 0 Å². The average Bonchev–Trinajstić information content (AvgIpc) is 3.49. The van der Waals surface area contributed by atoms with Crippen LogP contribution >= 0.6 is 0 Å². The van der Waals surface area contributed by atoms with Gasteiger partial charge in [-0.2, -0.15) is 4.98 Å². The maximum Gasteiger partial charge on any atom is 0.419 e. The molecule has 34 heavy (non-hydrogen) atoms. The van der Waals surface area contributed by atoms with Crippen molar-refractivity contribution in [2.24, 2.45) is 0 Å². The molecule has 1 fully saturated rings. The van der Waals surface area contributed by atoms with E-state index in [2.05, 4.69) is 15.0 Å². The molecule has 1 amide bonds. The quantitative estimate of drug-likeness (QED) is 0.416. The summed E-state index contributed by atoms with van der Waals surface area (Å²) in [6.45, 7) is 5.28. The Labute approximate surface area is 196 Å². The highest BCUT2D eigenvalue weighted by atomic mass is 16.5. The first-order valence-corrected chi connectivity index (χ1v) is 11.6. The maximum absolute atomic E-state index is 12.7. The molecule has 9 nitrogen and oxygen atoms in total. The van der Waals surface area contributed by atoms with Gasteiger partial charge in [0.05, 0.1) is 11.6 Å². The lowest BCUT2D eigenvalue weighted by molar-refractivity contribution is -0.133. The summed E-state index contributed by atoms with van der Waals surface area (Å²) >= 11 is 0. The molecule has 1 atom stereocenters. The number of aryl methyl sites for hydroxylation is 1. The number of oxazole rings is 1. The highest BCUT2D eigenvalue weighted by molar-refractivity contribution is 5.76. The van der Waals surface area contributed by atoms with Crippen LogP contribution in [0.25, 0.3) is 22.5 Å². The Bertz CT molecular complexity index is 1320. The third-order valence-corrected chi connectivity index (χ3v) is 6.39. The van der Waals surface area contributed by atoms with Crippen molar-refractivity contribution >= 4 is 17.0 Å². The number of aromatic nitrogens is 3. The molecule has 0 N–H and O–H groups in total. The lowest BCUT2D eigenvalue weighted by Crippen LogP contribution is -2.49. The third kappa shape index (κ3) is 4.51. The van der Waals surface area contributed by atoms with Crippen molar-refractivity contribution in [2.45, 2.75) is 32.4 Å². The number of rotatable bonds is 7. The highest BCUT2D eigenvalue weighted by Crippen LogP contribution is 2.23. The first kappa shape index (κ1) is 22.1. The number of piperazine rings is 1. The summed E-state index contributed by atoms with van der Waals surface area (Å²) in [7, 11) is 0. The molecule has 1 unspecified atom stereocenters. The largest absolute Gasteiger partial charge is 0.419 e. The number of benzene rings is 2. The van der Waals surface area contributed by atoms with Crippen LogP contribution < -0.4 is 5.76 Å². The molecule has 9 heteroatoms. The second-order valence-corrected chi connectivity index (χ2v) is 8.51. The van der Waals surface area contributed by atoms with E-state index >= 15 is 0 Å². The Morgan fingerprint density at radius 3 is 2.56 bits per heavy atom. The first-order chi connectivity index (χ1) is 16.6. The van der Waals surface area contributed by atoms with Crippen LogP contribution in [0.15, 0.2) is 68.3 Å². The fourth-order valence-corrected chi connectivity index (χ4v) is 4.40. The number of amides is 1. The van der Waals surface area contributed by atoms with Crippen LogP contribution in [0.4, 0.5) is 0 Å². The highest BCUT2D eigenvalue weighted by Gasteiger charge is 2.27. The average molecular weight is 462 g/mol. The van der Waals surface area contributed by atoms with Gasteiger partial charge in [0.2, 0.25) is 17.6 Å². The molecule has 3 heterocycles. The predicted octanol–water partition coefficient (Wildman–Crippen LogP) is 3.33. The summed E-state index contributed by atoms with van der Waals surface area (Å²) < 4.78 is 12.4. The molecule has 0 bridgehead atoms. The van der Waals surface area contributed by atoms with Crippen molar-refractivity contribution in [3.63, 3.8) is 0 Å². The van der Waals surface area contributed by atoms with Crippen molar-refractivity contribution in [3.8, 4) is 11.4 Å². The molecular formula is C25H27N5O4. The maximum atomic E-state index is 12.7. The molecule has 1 saturated heterocycles. The SMILES string of the molecule is CC(c1nc(-c2ccccc2)no1)N1CCN(C(=O)CCCn2c(=O)oc3ccccc32)CC1. The van der Waals surface area contributed by atoms with Gasteiger partial charge < -0.3 is 13.8 Å². The van der Waals surface area contributed by atoms with Crippen LogP contribution in [-0.4, -0.2) is 56.6 Å². The van der Waals surface area contributed by atoms with E-state index in [1.165, 1.54) is 0 Å². The van der Waals surface area contributed by atoms with Gasteiger partial charge in [0, 0.05) is 44.7 Å². The predicted molar refractivity (Wildman–Crippen MR) is 126 cm³/mol. The van der Waals surface area contributed by atoms with Gasteiger partial charge in [-0.25, -0.2) is 4.79 Å². The first-order valence-electron chi connectivity index (χ1n) is 11.6. The molecule has 1 aliphatic heterocycles. The summed E-state index contributed by atoms with van der Waals surface area (Å²) in [5.74, 6) is 0.891. The number of carbonyl (C=O) groups is 1. The van der Waals surface area contributed by atoms with Gasteiger partial charge >= 0.3 is 5.76 Å². The van der Waals surface area contributed by atoms with Crippen molar-refractivity contribution in [2.75, 3.05) is 26.2 Å². The molecular weight excluding hydrogens is 434 g/mol. The van der Waals surface area contributed by atoms with Crippen LogP contribution in [0.1, 0.15) is 31.7 Å². The van der Waals surface area contributed by atoms with Crippen molar-refractivity contribution in [1.82, 2.24) is 24.5 Å². The smallest absolute Gasteiger partial charge is 0.408 e. The van der Waals surface area contributed by atoms with Crippen LogP contribution in [0.5, 0.6) is 0 Å². The fraction of sp³-hybridized carbons (Fsp3) is 0.360. The Hall–Kier alpha value is -3.72. The summed E-state index contributed by atoms with van der Waals surface area (Å²) in [4.78, 5) is 33.5. The van der Waals surface area contributed by atoms with Crippen LogP contribution in [-0.2, 0) is 11.3 Å². The number of hydrogen-bond acceptors (Lipinski definition) is 7. The van der Waals surface area contributed by atoms with E-state index in [1.54, 1.807) is 10.6 Å². The summed E-state index contributed by atoms with van der Waals surface area (Å²) in [6.07, 6.45) is 0.981. The van der Waals surface area contributed by atoms with Crippen LogP contribution in [0, 0.1) is 0 Å². The summed E-state index contributed by atoms with van der Waals surface area (Å²) in [5.41, 5.74) is 2.26. The van der Waals surface area contributed by atoms with E-state index in [0.717, 1.165) is 24.2 Å². The standard InChI is InChI=1S/C25H27N5O4/c1-18(24-26-23(27-34-24)19-8-3-2-4-9-19)28-14-16-29(17-15-28)22(31)12-7-13-30-20-10-5-6-11-21(20)33-25(30)32/h2-6,8-11,18H,7,12-17H2,1H3. The van der Waals surface area contributed by atoms with Crippen molar-refractivity contribution < 1.29 is 13.7 Å². The van der Waals surface area contributed by atoms with E-state index in [9.17, 15) is 9.59 Å². The summed E-state index contributed by atoms with van der Waals surface area (Å²) in [6, 6.07) is 17.1. The van der Waals surface area contributed by atoms with Gasteiger partial charge in [0.25, 0.3) is 0 Å². The van der Waals surface area contributed by atoms with E-state index in [4.69, 9.17) is 8.94 Å². The molecule has 2 aromatic carbocycles. The number of nitrogens with zero attached hydrogens (tertiary/aromatic N) is 5. The third-order valence-electron chi connectivity index (χ3n) is 6.39. The molecule has 176 valence electrons. The Morgan fingerprint density at radius 1 is 1.03 bits per heavy atom. The lowest BCUT2D eigenvalue weighted by Gasteiger charge is -2.36. The minimum absolute atomic E-state index is 0.0246. The van der Waals surface area contributed by atoms with Gasteiger partial charge in [-0.1, -0.05) is 47.6 Å².